The average Bonchev–Trinajstić information content (AvgIpc) is 2.24. The van der Waals surface area contributed by atoms with Crippen LogP contribution in [-0.4, -0.2) is 26.2 Å². The van der Waals surface area contributed by atoms with Gasteiger partial charge in [-0.1, -0.05) is 23.2 Å². The van der Waals surface area contributed by atoms with Crippen molar-refractivity contribution in [2.45, 2.75) is 24.8 Å². The van der Waals surface area contributed by atoms with E-state index in [1.807, 2.05) is 0 Å². The van der Waals surface area contributed by atoms with E-state index < -0.39 is 16.1 Å². The first-order valence-electron chi connectivity index (χ1n) is 4.86. The molecule has 0 aromatic heterocycles. The van der Waals surface area contributed by atoms with Gasteiger partial charge in [-0.15, -0.1) is 0 Å². The molecule has 0 amide bonds. The molecule has 1 atom stereocenters. The largest absolute Gasteiger partial charge is 0.395 e. The quantitative estimate of drug-likeness (QED) is 0.893. The lowest BCUT2D eigenvalue weighted by Gasteiger charge is -2.12. The fraction of sp³-hybridized carbons (Fsp3) is 0.400. The Morgan fingerprint density at radius 1 is 1.35 bits per heavy atom. The van der Waals surface area contributed by atoms with Crippen molar-refractivity contribution in [1.29, 1.82) is 0 Å². The van der Waals surface area contributed by atoms with Crippen molar-refractivity contribution in [3.63, 3.8) is 0 Å². The Hall–Kier alpha value is -0.330. The summed E-state index contributed by atoms with van der Waals surface area (Å²) >= 11 is 11.7. The number of benzene rings is 1. The number of nitrogens with one attached hydrogen (secondary N) is 1. The van der Waals surface area contributed by atoms with E-state index in [9.17, 15) is 8.42 Å². The lowest BCUT2D eigenvalue weighted by atomic mass is 10.2. The van der Waals surface area contributed by atoms with Gasteiger partial charge in [-0.05, 0) is 31.5 Å². The zero-order valence-electron chi connectivity index (χ0n) is 9.37. The third-order valence-corrected chi connectivity index (χ3v) is 4.55. The number of sulfonamides is 1. The van der Waals surface area contributed by atoms with Crippen LogP contribution in [0.15, 0.2) is 17.0 Å². The van der Waals surface area contributed by atoms with E-state index in [2.05, 4.69) is 4.72 Å². The minimum Gasteiger partial charge on any atom is -0.395 e. The highest BCUT2D eigenvalue weighted by Gasteiger charge is 2.19. The number of aliphatic hydroxyl groups excluding tert-OH is 1. The Labute approximate surface area is 111 Å². The molecule has 0 radical (unpaired) electrons. The maximum absolute atomic E-state index is 11.9. The molecule has 1 rings (SSSR count). The zero-order chi connectivity index (χ0) is 13.2. The van der Waals surface area contributed by atoms with Gasteiger partial charge in [0.15, 0.2) is 0 Å². The van der Waals surface area contributed by atoms with Crippen molar-refractivity contribution < 1.29 is 13.5 Å². The van der Waals surface area contributed by atoms with E-state index in [1.54, 1.807) is 13.8 Å². The molecular formula is C10H13Cl2NO3S. The molecule has 0 heterocycles. The maximum Gasteiger partial charge on any atom is 0.240 e. The monoisotopic (exact) mass is 297 g/mol. The van der Waals surface area contributed by atoms with Crippen LogP contribution in [0.25, 0.3) is 0 Å². The SMILES string of the molecule is Cc1c(Cl)cc(S(=O)(=O)N[C@H](C)CO)cc1Cl. The van der Waals surface area contributed by atoms with Gasteiger partial charge in [-0.25, -0.2) is 13.1 Å². The summed E-state index contributed by atoms with van der Waals surface area (Å²) in [6.45, 7) is 2.96. The molecule has 96 valence electrons. The van der Waals surface area contributed by atoms with E-state index in [4.69, 9.17) is 28.3 Å². The fourth-order valence-corrected chi connectivity index (χ4v) is 3.05. The molecule has 0 unspecified atom stereocenters. The van der Waals surface area contributed by atoms with Crippen LogP contribution in [0.4, 0.5) is 0 Å². The van der Waals surface area contributed by atoms with Crippen molar-refractivity contribution in [3.8, 4) is 0 Å². The molecule has 2 N–H and O–H groups in total. The first-order chi connectivity index (χ1) is 7.77. The van der Waals surface area contributed by atoms with Gasteiger partial charge in [-0.2, -0.15) is 0 Å². The highest BCUT2D eigenvalue weighted by atomic mass is 35.5. The Kier molecular flexibility index (Phi) is 4.80. The molecule has 0 aliphatic carbocycles. The molecule has 4 nitrogen and oxygen atoms in total. The topological polar surface area (TPSA) is 66.4 Å². The van der Waals surface area contributed by atoms with Gasteiger partial charge >= 0.3 is 0 Å². The molecule has 7 heteroatoms. The smallest absolute Gasteiger partial charge is 0.240 e. The van der Waals surface area contributed by atoms with Crippen LogP contribution in [0.5, 0.6) is 0 Å². The number of aliphatic hydroxyl groups is 1. The number of hydrogen-bond acceptors (Lipinski definition) is 3. The van der Waals surface area contributed by atoms with Crippen molar-refractivity contribution >= 4 is 33.2 Å². The predicted octanol–water partition coefficient (Wildman–Crippen LogP) is 1.96. The van der Waals surface area contributed by atoms with E-state index in [0.717, 1.165) is 0 Å². The maximum atomic E-state index is 11.9. The first-order valence-corrected chi connectivity index (χ1v) is 7.10. The Bertz CT molecular complexity index is 493. The first kappa shape index (κ1) is 14.7. The molecule has 0 fully saturated rings. The van der Waals surface area contributed by atoms with Crippen molar-refractivity contribution in [2.24, 2.45) is 0 Å². The van der Waals surface area contributed by atoms with Crippen molar-refractivity contribution in [2.75, 3.05) is 6.61 Å². The summed E-state index contributed by atoms with van der Waals surface area (Å²) in [7, 11) is -3.71. The molecule has 0 aliphatic rings. The predicted molar refractivity (Wildman–Crippen MR) is 68.1 cm³/mol. The van der Waals surface area contributed by atoms with Crippen LogP contribution >= 0.6 is 23.2 Å². The summed E-state index contributed by atoms with van der Waals surface area (Å²) in [6, 6.07) is 2.09. The van der Waals surface area contributed by atoms with E-state index >= 15 is 0 Å². The number of hydrogen-bond donors (Lipinski definition) is 2. The standard InChI is InChI=1S/C10H13Cl2NO3S/c1-6(5-14)13-17(15,16)8-3-9(11)7(2)10(12)4-8/h3-4,6,13-14H,5H2,1-2H3/t6-/m1/s1. The van der Waals surface area contributed by atoms with Crippen LogP contribution in [0.3, 0.4) is 0 Å². The van der Waals surface area contributed by atoms with Gasteiger partial charge in [0.1, 0.15) is 0 Å². The molecule has 0 spiro atoms. The Balaban J connectivity index is 3.16. The summed E-state index contributed by atoms with van der Waals surface area (Å²) < 4.78 is 26.1. The molecule has 0 aliphatic heterocycles. The molecule has 0 saturated carbocycles. The van der Waals surface area contributed by atoms with Crippen molar-refractivity contribution in [1.82, 2.24) is 4.72 Å². The van der Waals surface area contributed by atoms with Gasteiger partial charge < -0.3 is 5.11 Å². The van der Waals surface area contributed by atoms with Gasteiger partial charge in [0.25, 0.3) is 0 Å². The normalized spacial score (nSPS) is 13.7. The Morgan fingerprint density at radius 3 is 2.24 bits per heavy atom. The summed E-state index contributed by atoms with van der Waals surface area (Å²) in [5.41, 5.74) is 0.627. The van der Waals surface area contributed by atoms with E-state index in [0.29, 0.717) is 5.56 Å². The molecule has 0 bridgehead atoms. The lowest BCUT2D eigenvalue weighted by molar-refractivity contribution is 0.265. The highest BCUT2D eigenvalue weighted by molar-refractivity contribution is 7.89. The Morgan fingerprint density at radius 2 is 1.82 bits per heavy atom. The zero-order valence-corrected chi connectivity index (χ0v) is 11.7. The lowest BCUT2D eigenvalue weighted by Crippen LogP contribution is -2.35. The second-order valence-electron chi connectivity index (χ2n) is 3.72. The second-order valence-corrected chi connectivity index (χ2v) is 6.25. The van der Waals surface area contributed by atoms with E-state index in [-0.39, 0.29) is 21.5 Å². The molecular weight excluding hydrogens is 285 g/mol. The summed E-state index contributed by atoms with van der Waals surface area (Å²) in [5, 5.41) is 9.39. The third-order valence-electron chi connectivity index (χ3n) is 2.19. The van der Waals surface area contributed by atoms with Crippen LogP contribution in [0.2, 0.25) is 10.0 Å². The number of halogens is 2. The van der Waals surface area contributed by atoms with Gasteiger partial charge in [-0.3, -0.25) is 0 Å². The van der Waals surface area contributed by atoms with Crippen molar-refractivity contribution in [3.05, 3.63) is 27.7 Å². The molecule has 0 saturated heterocycles. The van der Waals surface area contributed by atoms with Crippen LogP contribution in [0, 0.1) is 6.92 Å². The fourth-order valence-electron chi connectivity index (χ4n) is 1.15. The van der Waals surface area contributed by atoms with Crippen LogP contribution in [-0.2, 0) is 10.0 Å². The molecule has 1 aromatic rings. The highest BCUT2D eigenvalue weighted by Crippen LogP contribution is 2.27. The summed E-state index contributed by atoms with van der Waals surface area (Å²) in [4.78, 5) is -0.0154. The van der Waals surface area contributed by atoms with Gasteiger partial charge in [0, 0.05) is 16.1 Å². The summed E-state index contributed by atoms with van der Waals surface area (Å²) in [6.07, 6.45) is 0. The minimum absolute atomic E-state index is 0.0154. The van der Waals surface area contributed by atoms with Gasteiger partial charge in [0.05, 0.1) is 11.5 Å². The second kappa shape index (κ2) is 5.54. The summed E-state index contributed by atoms with van der Waals surface area (Å²) in [5.74, 6) is 0. The number of rotatable bonds is 4. The molecule has 17 heavy (non-hydrogen) atoms. The van der Waals surface area contributed by atoms with E-state index in [1.165, 1.54) is 12.1 Å². The third kappa shape index (κ3) is 3.56. The minimum atomic E-state index is -3.71. The molecule has 1 aromatic carbocycles. The van der Waals surface area contributed by atoms with Crippen LogP contribution in [0.1, 0.15) is 12.5 Å². The average molecular weight is 298 g/mol. The van der Waals surface area contributed by atoms with Gasteiger partial charge in [0.2, 0.25) is 10.0 Å². The van der Waals surface area contributed by atoms with Crippen LogP contribution < -0.4 is 4.72 Å².